The van der Waals surface area contributed by atoms with Crippen molar-refractivity contribution in [3.8, 4) is 0 Å². The van der Waals surface area contributed by atoms with E-state index in [1.165, 1.54) is 0 Å². The number of hydrogen-bond acceptors (Lipinski definition) is 4. The number of benzene rings is 1. The maximum Gasteiger partial charge on any atom is 0.337 e. The summed E-state index contributed by atoms with van der Waals surface area (Å²) in [7, 11) is -3.79. The average Bonchev–Trinajstić information content (AvgIpc) is 2.13. The molecule has 0 aliphatic heterocycles. The summed E-state index contributed by atoms with van der Waals surface area (Å²) >= 11 is 8.38. The van der Waals surface area contributed by atoms with Gasteiger partial charge in [0.25, 0.3) is 0 Å². The van der Waals surface area contributed by atoms with E-state index in [0.29, 0.717) is 0 Å². The second-order valence-electron chi connectivity index (χ2n) is 2.70. The summed E-state index contributed by atoms with van der Waals surface area (Å²) in [5.74, 6) is -0.703. The molecular weight excluding hydrogens is 327 g/mol. The number of carbonyl (C=O) groups excluding carboxylic acids is 1. The lowest BCUT2D eigenvalue weighted by Crippen LogP contribution is -2.03. The Hall–Kier alpha value is -0.660. The number of hydrogen-bond donors (Lipinski definition) is 0. The Kier molecular flexibility index (Phi) is 3.92. The Bertz CT molecular complexity index is 520. The SMILES string of the molecule is COC(=O)c1cc(Cl)c(S(=O)(=O)F)c(Br)c1. The van der Waals surface area contributed by atoms with Gasteiger partial charge in [-0.2, -0.15) is 8.42 Å². The average molecular weight is 332 g/mol. The van der Waals surface area contributed by atoms with Crippen molar-refractivity contribution >= 4 is 43.7 Å². The summed E-state index contributed by atoms with van der Waals surface area (Å²) in [5.41, 5.74) is 0.0202. The zero-order valence-electron chi connectivity index (χ0n) is 7.83. The van der Waals surface area contributed by atoms with E-state index in [0.717, 1.165) is 19.2 Å². The van der Waals surface area contributed by atoms with E-state index in [1.54, 1.807) is 0 Å². The van der Waals surface area contributed by atoms with Gasteiger partial charge in [-0.05, 0) is 28.1 Å². The van der Waals surface area contributed by atoms with Crippen LogP contribution in [0.5, 0.6) is 0 Å². The van der Waals surface area contributed by atoms with Crippen molar-refractivity contribution < 1.29 is 21.8 Å². The van der Waals surface area contributed by atoms with Crippen molar-refractivity contribution in [2.24, 2.45) is 0 Å². The molecule has 0 aromatic heterocycles. The molecule has 16 heavy (non-hydrogen) atoms. The highest BCUT2D eigenvalue weighted by Crippen LogP contribution is 2.32. The Morgan fingerprint density at radius 3 is 2.44 bits per heavy atom. The number of methoxy groups -OCH3 is 1. The standard InChI is InChI=1S/C8H5BrClFO4S/c1-15-8(12)4-2-5(9)7(6(10)3-4)16(11,13)14/h2-3H,1H3. The van der Waals surface area contributed by atoms with Crippen molar-refractivity contribution in [1.82, 2.24) is 0 Å². The summed E-state index contributed by atoms with van der Waals surface area (Å²) in [5, 5.41) is -0.391. The smallest absolute Gasteiger partial charge is 0.337 e. The maximum absolute atomic E-state index is 12.8. The Morgan fingerprint density at radius 2 is 2.06 bits per heavy atom. The highest BCUT2D eigenvalue weighted by atomic mass is 79.9. The molecule has 0 heterocycles. The quantitative estimate of drug-likeness (QED) is 0.617. The van der Waals surface area contributed by atoms with Crippen LogP contribution in [0, 0.1) is 0 Å². The van der Waals surface area contributed by atoms with E-state index >= 15 is 0 Å². The highest BCUT2D eigenvalue weighted by Gasteiger charge is 2.23. The molecule has 1 rings (SSSR count). The highest BCUT2D eigenvalue weighted by molar-refractivity contribution is 9.10. The van der Waals surface area contributed by atoms with Gasteiger partial charge in [0, 0.05) is 4.47 Å². The van der Waals surface area contributed by atoms with E-state index in [-0.39, 0.29) is 10.0 Å². The van der Waals surface area contributed by atoms with E-state index < -0.39 is 26.1 Å². The Balaban J connectivity index is 3.46. The number of halogens is 3. The van der Waals surface area contributed by atoms with Crippen LogP contribution in [0.15, 0.2) is 21.5 Å². The third kappa shape index (κ3) is 2.72. The lowest BCUT2D eigenvalue weighted by molar-refractivity contribution is 0.0600. The first-order valence-electron chi connectivity index (χ1n) is 3.79. The number of ether oxygens (including phenoxy) is 1. The molecule has 88 valence electrons. The van der Waals surface area contributed by atoms with Crippen LogP contribution in [-0.4, -0.2) is 21.5 Å². The summed E-state index contributed by atoms with van der Waals surface area (Å²) in [6.07, 6.45) is 0. The molecule has 0 bridgehead atoms. The van der Waals surface area contributed by atoms with Crippen LogP contribution in [0.2, 0.25) is 5.02 Å². The molecule has 4 nitrogen and oxygen atoms in total. The second kappa shape index (κ2) is 4.68. The molecule has 0 saturated carbocycles. The molecule has 0 radical (unpaired) electrons. The van der Waals surface area contributed by atoms with E-state index in [1.807, 2.05) is 0 Å². The van der Waals surface area contributed by atoms with Gasteiger partial charge >= 0.3 is 16.2 Å². The van der Waals surface area contributed by atoms with Gasteiger partial charge in [0.1, 0.15) is 4.90 Å². The van der Waals surface area contributed by atoms with Gasteiger partial charge in [-0.15, -0.1) is 3.89 Å². The molecule has 0 atom stereocenters. The largest absolute Gasteiger partial charge is 0.465 e. The van der Waals surface area contributed by atoms with Crippen molar-refractivity contribution in [3.05, 3.63) is 27.2 Å². The van der Waals surface area contributed by atoms with E-state index in [4.69, 9.17) is 11.6 Å². The molecule has 0 aliphatic carbocycles. The summed E-state index contributed by atoms with van der Waals surface area (Å²) in [6.45, 7) is 0. The number of carbonyl (C=O) groups is 1. The minimum atomic E-state index is -4.94. The molecule has 0 aliphatic rings. The lowest BCUT2D eigenvalue weighted by atomic mass is 10.2. The van der Waals surface area contributed by atoms with Gasteiger partial charge < -0.3 is 4.74 Å². The van der Waals surface area contributed by atoms with Crippen molar-refractivity contribution in [2.75, 3.05) is 7.11 Å². The zero-order valence-corrected chi connectivity index (χ0v) is 11.0. The van der Waals surface area contributed by atoms with Gasteiger partial charge in [-0.1, -0.05) is 11.6 Å². The molecule has 1 aromatic carbocycles. The van der Waals surface area contributed by atoms with Crippen LogP contribution in [0.25, 0.3) is 0 Å². The van der Waals surface area contributed by atoms with Gasteiger partial charge in [0.05, 0.1) is 17.7 Å². The third-order valence-corrected chi connectivity index (χ3v) is 3.89. The molecular formula is C8H5BrClFO4S. The molecule has 1 aromatic rings. The van der Waals surface area contributed by atoms with Crippen molar-refractivity contribution in [2.45, 2.75) is 4.90 Å². The summed E-state index contributed by atoms with van der Waals surface area (Å²) in [6, 6.07) is 2.13. The topological polar surface area (TPSA) is 60.4 Å². The van der Waals surface area contributed by atoms with Crippen LogP contribution in [-0.2, 0) is 15.0 Å². The first-order valence-corrected chi connectivity index (χ1v) is 6.35. The van der Waals surface area contributed by atoms with E-state index in [9.17, 15) is 17.1 Å². The fourth-order valence-electron chi connectivity index (χ4n) is 1.03. The fourth-order valence-corrected chi connectivity index (χ4v) is 3.26. The van der Waals surface area contributed by atoms with Crippen LogP contribution >= 0.6 is 27.5 Å². The number of esters is 1. The molecule has 0 amide bonds. The van der Waals surface area contributed by atoms with Gasteiger partial charge in [-0.3, -0.25) is 0 Å². The first-order chi connectivity index (χ1) is 7.27. The normalized spacial score (nSPS) is 11.2. The minimum absolute atomic E-state index is 0.0202. The Labute approximate surface area is 105 Å². The molecule has 0 fully saturated rings. The predicted molar refractivity (Wildman–Crippen MR) is 58.8 cm³/mol. The predicted octanol–water partition coefficient (Wildman–Crippen LogP) is 2.55. The van der Waals surface area contributed by atoms with Crippen molar-refractivity contribution in [3.63, 3.8) is 0 Å². The zero-order chi connectivity index (χ0) is 12.5. The molecule has 0 saturated heterocycles. The molecule has 0 unspecified atom stereocenters. The summed E-state index contributed by atoms with van der Waals surface area (Å²) in [4.78, 5) is 10.4. The van der Waals surface area contributed by atoms with Crippen LogP contribution in [0.1, 0.15) is 10.4 Å². The molecule has 0 N–H and O–H groups in total. The van der Waals surface area contributed by atoms with Gasteiger partial charge in [-0.25, -0.2) is 4.79 Å². The van der Waals surface area contributed by atoms with Gasteiger partial charge in [0.2, 0.25) is 0 Å². The molecule has 8 heteroatoms. The van der Waals surface area contributed by atoms with Gasteiger partial charge in [0.15, 0.2) is 0 Å². The fraction of sp³-hybridized carbons (Fsp3) is 0.125. The lowest BCUT2D eigenvalue weighted by Gasteiger charge is -2.05. The molecule has 0 spiro atoms. The first kappa shape index (κ1) is 13.4. The second-order valence-corrected chi connectivity index (χ2v) is 5.24. The maximum atomic E-state index is 12.8. The van der Waals surface area contributed by atoms with Crippen LogP contribution < -0.4 is 0 Å². The van der Waals surface area contributed by atoms with Crippen LogP contribution in [0.4, 0.5) is 3.89 Å². The number of rotatable bonds is 2. The Morgan fingerprint density at radius 1 is 1.50 bits per heavy atom. The monoisotopic (exact) mass is 330 g/mol. The summed E-state index contributed by atoms with van der Waals surface area (Å²) < 4.78 is 38.5. The van der Waals surface area contributed by atoms with E-state index in [2.05, 4.69) is 20.7 Å². The van der Waals surface area contributed by atoms with Crippen molar-refractivity contribution in [1.29, 1.82) is 0 Å². The minimum Gasteiger partial charge on any atom is -0.465 e. The van der Waals surface area contributed by atoms with Crippen LogP contribution in [0.3, 0.4) is 0 Å². The third-order valence-electron chi connectivity index (χ3n) is 1.66.